The van der Waals surface area contributed by atoms with Crippen LogP contribution < -0.4 is 10.6 Å². The van der Waals surface area contributed by atoms with Gasteiger partial charge in [-0.1, -0.05) is 13.8 Å². The van der Waals surface area contributed by atoms with E-state index in [1.165, 1.54) is 14.0 Å². The average molecular weight is 433 g/mol. The number of rotatable bonds is 12. The molecule has 1 aliphatic heterocycles. The zero-order valence-corrected chi connectivity index (χ0v) is 18.3. The molecule has 0 aliphatic carbocycles. The molecule has 1 aliphatic rings. The predicted molar refractivity (Wildman–Crippen MR) is 107 cm³/mol. The fraction of sp³-hybridized carbons (Fsp3) is 0.850. The third-order valence-electron chi connectivity index (χ3n) is 5.47. The van der Waals surface area contributed by atoms with E-state index < -0.39 is 36.6 Å². The van der Waals surface area contributed by atoms with Crippen molar-refractivity contribution >= 4 is 17.5 Å². The molecule has 5 N–H and O–H groups in total. The molecule has 1 saturated heterocycles. The van der Waals surface area contributed by atoms with Gasteiger partial charge in [0.05, 0.1) is 6.04 Å². The van der Waals surface area contributed by atoms with Crippen molar-refractivity contribution in [3.05, 3.63) is 0 Å². The summed E-state index contributed by atoms with van der Waals surface area (Å²) >= 11 is 0. The van der Waals surface area contributed by atoms with Gasteiger partial charge >= 0.3 is 0 Å². The quantitative estimate of drug-likeness (QED) is 0.254. The topological polar surface area (TPSA) is 154 Å². The van der Waals surface area contributed by atoms with Gasteiger partial charge in [-0.2, -0.15) is 0 Å². The first-order chi connectivity index (χ1) is 14.0. The van der Waals surface area contributed by atoms with Crippen LogP contribution in [0, 0.1) is 11.8 Å². The summed E-state index contributed by atoms with van der Waals surface area (Å²) in [6.07, 6.45) is -6.06. The second-order valence-corrected chi connectivity index (χ2v) is 8.08. The van der Waals surface area contributed by atoms with Gasteiger partial charge in [-0.3, -0.25) is 14.4 Å². The number of hydrogen-bond donors (Lipinski definition) is 5. The number of hydrogen-bond acceptors (Lipinski definition) is 9. The fourth-order valence-corrected chi connectivity index (χ4v) is 3.57. The predicted octanol–water partition coefficient (Wildman–Crippen LogP) is -1.25. The highest BCUT2D eigenvalue weighted by Crippen LogP contribution is 2.21. The van der Waals surface area contributed by atoms with Crippen LogP contribution in [-0.4, -0.2) is 90.2 Å². The zero-order chi connectivity index (χ0) is 23.0. The first-order valence-corrected chi connectivity index (χ1v) is 10.2. The Hall–Kier alpha value is -1.43. The summed E-state index contributed by atoms with van der Waals surface area (Å²) < 4.78 is 10.3. The van der Waals surface area contributed by atoms with Crippen molar-refractivity contribution in [1.82, 2.24) is 10.6 Å². The highest BCUT2D eigenvalue weighted by molar-refractivity contribution is 5.90. The number of methoxy groups -OCH3 is 1. The van der Waals surface area contributed by atoms with Crippen LogP contribution in [-0.2, 0) is 23.9 Å². The molecule has 1 fully saturated rings. The van der Waals surface area contributed by atoms with E-state index in [4.69, 9.17) is 9.47 Å². The Labute approximate surface area is 177 Å². The van der Waals surface area contributed by atoms with Gasteiger partial charge < -0.3 is 35.4 Å². The minimum atomic E-state index is -1.47. The Bertz CT molecular complexity index is 583. The van der Waals surface area contributed by atoms with E-state index in [0.29, 0.717) is 0 Å². The number of likely N-dealkylation sites (N-methyl/N-ethyl adjacent to an activating group) is 1. The molecule has 1 amide bonds. The van der Waals surface area contributed by atoms with Crippen LogP contribution in [0.3, 0.4) is 0 Å². The number of amides is 1. The average Bonchev–Trinajstić information content (AvgIpc) is 2.68. The van der Waals surface area contributed by atoms with Gasteiger partial charge in [-0.15, -0.1) is 0 Å². The number of aliphatic hydroxyl groups is 3. The lowest BCUT2D eigenvalue weighted by Crippen LogP contribution is -2.60. The number of Topliss-reactive ketones (excluding diaryl/α,β-unsaturated/α-hetero) is 2. The van der Waals surface area contributed by atoms with Crippen molar-refractivity contribution in [2.75, 3.05) is 20.7 Å². The van der Waals surface area contributed by atoms with Crippen molar-refractivity contribution in [2.24, 2.45) is 11.8 Å². The van der Waals surface area contributed by atoms with E-state index in [0.717, 1.165) is 0 Å². The summed E-state index contributed by atoms with van der Waals surface area (Å²) in [5.74, 6) is -1.06. The molecule has 0 bridgehead atoms. The van der Waals surface area contributed by atoms with Crippen LogP contribution in [0.15, 0.2) is 0 Å². The minimum absolute atomic E-state index is 0.0190. The molecular formula is C20H36N2O8. The van der Waals surface area contributed by atoms with E-state index in [1.54, 1.807) is 7.05 Å². The summed E-state index contributed by atoms with van der Waals surface area (Å²) in [7, 11) is 2.99. The van der Waals surface area contributed by atoms with Crippen LogP contribution >= 0.6 is 0 Å². The summed E-state index contributed by atoms with van der Waals surface area (Å²) in [5.41, 5.74) is 0. The monoisotopic (exact) mass is 432 g/mol. The summed E-state index contributed by atoms with van der Waals surface area (Å²) in [5, 5.41) is 35.2. The summed E-state index contributed by atoms with van der Waals surface area (Å²) in [6, 6.07) is -0.346. The maximum absolute atomic E-state index is 12.4. The van der Waals surface area contributed by atoms with Crippen LogP contribution in [0.4, 0.5) is 0 Å². The van der Waals surface area contributed by atoms with Gasteiger partial charge in [0.2, 0.25) is 5.91 Å². The van der Waals surface area contributed by atoms with Gasteiger partial charge in [-0.05, 0) is 26.3 Å². The lowest BCUT2D eigenvalue weighted by Gasteiger charge is -2.39. The molecule has 30 heavy (non-hydrogen) atoms. The third-order valence-corrected chi connectivity index (χ3v) is 5.47. The Morgan fingerprint density at radius 1 is 1.10 bits per heavy atom. The maximum atomic E-state index is 12.4. The maximum Gasteiger partial charge on any atom is 0.220 e. The molecule has 0 aromatic heterocycles. The standard InChI is InChI=1S/C20H36N2O8/c1-10(2)16(21-4)13(24)8-12(11(3)23)6-7-15(25)22-9-14-17(26)18(27)19(28)20(29-5)30-14/h10,12,14,16-21,26-28H,6-9H2,1-5H3,(H,22,25)/t12-,14-,16+,17-,18+,19-,20-/m1/s1. The number of ketones is 2. The number of carbonyl (C=O) groups is 3. The highest BCUT2D eigenvalue weighted by Gasteiger charge is 2.43. The van der Waals surface area contributed by atoms with Crippen molar-refractivity contribution in [3.63, 3.8) is 0 Å². The Balaban J connectivity index is 2.55. The van der Waals surface area contributed by atoms with Crippen molar-refractivity contribution < 1.29 is 39.2 Å². The van der Waals surface area contributed by atoms with Crippen LogP contribution in [0.2, 0.25) is 0 Å². The lowest BCUT2D eigenvalue weighted by atomic mass is 9.88. The Morgan fingerprint density at radius 2 is 1.73 bits per heavy atom. The molecule has 0 spiro atoms. The van der Waals surface area contributed by atoms with E-state index >= 15 is 0 Å². The van der Waals surface area contributed by atoms with Crippen molar-refractivity contribution in [3.8, 4) is 0 Å². The molecule has 1 heterocycles. The second-order valence-electron chi connectivity index (χ2n) is 8.08. The molecule has 10 nitrogen and oxygen atoms in total. The fourth-order valence-electron chi connectivity index (χ4n) is 3.57. The Kier molecular flexibility index (Phi) is 11.0. The van der Waals surface area contributed by atoms with E-state index in [-0.39, 0.29) is 55.2 Å². The number of carbonyl (C=O) groups excluding carboxylic acids is 3. The molecular weight excluding hydrogens is 396 g/mol. The normalized spacial score (nSPS) is 28.8. The molecule has 0 aromatic rings. The minimum Gasteiger partial charge on any atom is -0.388 e. The SMILES string of the molecule is CN[C@H](C(=O)C[C@@H](CCC(=O)NC[C@H]1O[C@@H](OC)[C@H](O)[C@@H](O)[C@@H]1O)C(C)=O)C(C)C. The third kappa shape index (κ3) is 7.36. The van der Waals surface area contributed by atoms with Gasteiger partial charge in [0.15, 0.2) is 12.1 Å². The first-order valence-electron chi connectivity index (χ1n) is 10.2. The number of nitrogens with one attached hydrogen (secondary N) is 2. The molecule has 10 heteroatoms. The summed E-state index contributed by atoms with van der Waals surface area (Å²) in [6.45, 7) is 5.13. The van der Waals surface area contributed by atoms with Crippen molar-refractivity contribution in [2.45, 2.75) is 76.8 Å². The number of ether oxygens (including phenoxy) is 2. The van der Waals surface area contributed by atoms with Gasteiger partial charge in [0.25, 0.3) is 0 Å². The molecule has 0 aromatic carbocycles. The summed E-state index contributed by atoms with van der Waals surface area (Å²) in [4.78, 5) is 36.6. The van der Waals surface area contributed by atoms with E-state index in [9.17, 15) is 29.7 Å². The lowest BCUT2D eigenvalue weighted by molar-refractivity contribution is -0.288. The molecule has 1 rings (SSSR count). The second kappa shape index (κ2) is 12.4. The van der Waals surface area contributed by atoms with Gasteiger partial charge in [0.1, 0.15) is 30.2 Å². The molecule has 174 valence electrons. The Morgan fingerprint density at radius 3 is 2.23 bits per heavy atom. The van der Waals surface area contributed by atoms with Crippen LogP contribution in [0.25, 0.3) is 0 Å². The molecule has 0 radical (unpaired) electrons. The number of aliphatic hydroxyl groups excluding tert-OH is 3. The van der Waals surface area contributed by atoms with Gasteiger partial charge in [0, 0.05) is 32.4 Å². The smallest absolute Gasteiger partial charge is 0.220 e. The highest BCUT2D eigenvalue weighted by atomic mass is 16.7. The molecule has 0 saturated carbocycles. The van der Waals surface area contributed by atoms with Crippen LogP contribution in [0.1, 0.15) is 40.0 Å². The van der Waals surface area contributed by atoms with Crippen molar-refractivity contribution in [1.29, 1.82) is 0 Å². The molecule has 7 atom stereocenters. The molecule has 0 unspecified atom stereocenters. The first kappa shape index (κ1) is 26.6. The van der Waals surface area contributed by atoms with E-state index in [2.05, 4.69) is 10.6 Å². The zero-order valence-electron chi connectivity index (χ0n) is 18.3. The van der Waals surface area contributed by atoms with Crippen LogP contribution in [0.5, 0.6) is 0 Å². The van der Waals surface area contributed by atoms with E-state index in [1.807, 2.05) is 13.8 Å². The largest absolute Gasteiger partial charge is 0.388 e. The van der Waals surface area contributed by atoms with Gasteiger partial charge in [-0.25, -0.2) is 0 Å².